The number of hydrogen-bond acceptors (Lipinski definition) is 4. The van der Waals surface area contributed by atoms with Crippen molar-refractivity contribution in [1.29, 1.82) is 0 Å². The second-order valence-corrected chi connectivity index (χ2v) is 5.13. The van der Waals surface area contributed by atoms with Crippen molar-refractivity contribution < 1.29 is 4.42 Å². The van der Waals surface area contributed by atoms with E-state index in [2.05, 4.69) is 16.4 Å². The molecule has 0 aliphatic carbocycles. The van der Waals surface area contributed by atoms with E-state index >= 15 is 0 Å². The molecule has 92 valence electrons. The van der Waals surface area contributed by atoms with Gasteiger partial charge in [0.2, 0.25) is 0 Å². The predicted octanol–water partition coefficient (Wildman–Crippen LogP) is 1.96. The van der Waals surface area contributed by atoms with E-state index in [-0.39, 0.29) is 5.54 Å². The Morgan fingerprint density at radius 1 is 1.41 bits per heavy atom. The van der Waals surface area contributed by atoms with Crippen LogP contribution in [0.2, 0.25) is 0 Å². The van der Waals surface area contributed by atoms with Gasteiger partial charge in [-0.15, -0.1) is 0 Å². The SMILES string of the molecule is Cc1nc2ccc(CNCC(C)(C)N)cc2o1. The highest BCUT2D eigenvalue weighted by molar-refractivity contribution is 5.73. The first-order valence-corrected chi connectivity index (χ1v) is 5.80. The van der Waals surface area contributed by atoms with Gasteiger partial charge in [-0.3, -0.25) is 0 Å². The van der Waals surface area contributed by atoms with Crippen LogP contribution in [-0.2, 0) is 6.54 Å². The van der Waals surface area contributed by atoms with Crippen molar-refractivity contribution in [3.8, 4) is 0 Å². The molecule has 1 aromatic carbocycles. The molecule has 1 heterocycles. The summed E-state index contributed by atoms with van der Waals surface area (Å²) in [5.74, 6) is 0.702. The van der Waals surface area contributed by atoms with Crippen LogP contribution in [0.3, 0.4) is 0 Å². The minimum Gasteiger partial charge on any atom is -0.441 e. The van der Waals surface area contributed by atoms with Gasteiger partial charge in [-0.05, 0) is 31.5 Å². The Kier molecular flexibility index (Phi) is 3.17. The van der Waals surface area contributed by atoms with Crippen LogP contribution in [0.15, 0.2) is 22.6 Å². The number of hydrogen-bond donors (Lipinski definition) is 2. The van der Waals surface area contributed by atoms with Gasteiger partial charge in [0.15, 0.2) is 11.5 Å². The zero-order valence-electron chi connectivity index (χ0n) is 10.6. The highest BCUT2D eigenvalue weighted by atomic mass is 16.3. The van der Waals surface area contributed by atoms with Gasteiger partial charge in [0.05, 0.1) is 0 Å². The lowest BCUT2D eigenvalue weighted by molar-refractivity contribution is 0.466. The van der Waals surface area contributed by atoms with Gasteiger partial charge in [-0.1, -0.05) is 6.07 Å². The smallest absolute Gasteiger partial charge is 0.192 e. The second kappa shape index (κ2) is 4.47. The van der Waals surface area contributed by atoms with E-state index < -0.39 is 0 Å². The molecule has 0 amide bonds. The van der Waals surface area contributed by atoms with Crippen LogP contribution in [0.25, 0.3) is 11.1 Å². The van der Waals surface area contributed by atoms with Crippen LogP contribution in [0.4, 0.5) is 0 Å². The largest absolute Gasteiger partial charge is 0.441 e. The average molecular weight is 233 g/mol. The third-order valence-corrected chi connectivity index (χ3v) is 2.47. The van der Waals surface area contributed by atoms with Crippen molar-refractivity contribution in [3.63, 3.8) is 0 Å². The summed E-state index contributed by atoms with van der Waals surface area (Å²) in [6.45, 7) is 7.43. The van der Waals surface area contributed by atoms with Crippen LogP contribution in [0, 0.1) is 6.92 Å². The fourth-order valence-corrected chi connectivity index (χ4v) is 1.72. The summed E-state index contributed by atoms with van der Waals surface area (Å²) in [6.07, 6.45) is 0. The first-order valence-electron chi connectivity index (χ1n) is 5.80. The summed E-state index contributed by atoms with van der Waals surface area (Å²) in [5.41, 5.74) is 8.64. The maximum absolute atomic E-state index is 5.90. The van der Waals surface area contributed by atoms with Crippen molar-refractivity contribution in [2.24, 2.45) is 5.73 Å². The first kappa shape index (κ1) is 12.1. The zero-order chi connectivity index (χ0) is 12.5. The quantitative estimate of drug-likeness (QED) is 0.847. The zero-order valence-corrected chi connectivity index (χ0v) is 10.6. The Balaban J connectivity index is 2.04. The van der Waals surface area contributed by atoms with Gasteiger partial charge >= 0.3 is 0 Å². The summed E-state index contributed by atoms with van der Waals surface area (Å²) in [4.78, 5) is 4.27. The number of nitrogens with zero attached hydrogens (tertiary/aromatic N) is 1. The monoisotopic (exact) mass is 233 g/mol. The number of nitrogens with one attached hydrogen (secondary N) is 1. The van der Waals surface area contributed by atoms with Crippen molar-refractivity contribution in [1.82, 2.24) is 10.3 Å². The summed E-state index contributed by atoms with van der Waals surface area (Å²) in [7, 11) is 0. The van der Waals surface area contributed by atoms with Gasteiger partial charge in [0.1, 0.15) is 5.52 Å². The van der Waals surface area contributed by atoms with Crippen LogP contribution in [-0.4, -0.2) is 17.1 Å². The lowest BCUT2D eigenvalue weighted by Gasteiger charge is -2.18. The molecule has 0 unspecified atom stereocenters. The topological polar surface area (TPSA) is 64.1 Å². The minimum atomic E-state index is -0.188. The van der Waals surface area contributed by atoms with E-state index in [1.165, 1.54) is 5.56 Å². The van der Waals surface area contributed by atoms with Crippen LogP contribution >= 0.6 is 0 Å². The van der Waals surface area contributed by atoms with E-state index in [0.29, 0.717) is 5.89 Å². The molecule has 4 nitrogen and oxygen atoms in total. The standard InChI is InChI=1S/C13H19N3O/c1-9-16-11-5-4-10(6-12(11)17-9)7-15-8-13(2,3)14/h4-6,15H,7-8,14H2,1-3H3. The molecular formula is C13H19N3O. The number of nitrogens with two attached hydrogens (primary N) is 1. The molecule has 0 fully saturated rings. The fraction of sp³-hybridized carbons (Fsp3) is 0.462. The Hall–Kier alpha value is -1.39. The Morgan fingerprint density at radius 2 is 2.18 bits per heavy atom. The molecule has 4 heteroatoms. The Bertz CT molecular complexity index is 511. The maximum Gasteiger partial charge on any atom is 0.192 e. The number of benzene rings is 1. The first-order chi connectivity index (χ1) is 7.94. The molecule has 0 spiro atoms. The third kappa shape index (κ3) is 3.28. The average Bonchev–Trinajstić information content (AvgIpc) is 2.55. The Morgan fingerprint density at radius 3 is 2.88 bits per heavy atom. The molecule has 0 aliphatic heterocycles. The fourth-order valence-electron chi connectivity index (χ4n) is 1.72. The van der Waals surface area contributed by atoms with Gasteiger partial charge < -0.3 is 15.5 Å². The van der Waals surface area contributed by atoms with Gasteiger partial charge in [-0.25, -0.2) is 4.98 Å². The number of aromatic nitrogens is 1. The van der Waals surface area contributed by atoms with Crippen LogP contribution < -0.4 is 11.1 Å². The second-order valence-electron chi connectivity index (χ2n) is 5.13. The molecule has 0 bridgehead atoms. The van der Waals surface area contributed by atoms with Gasteiger partial charge in [-0.2, -0.15) is 0 Å². The maximum atomic E-state index is 5.90. The number of oxazole rings is 1. The van der Waals surface area contributed by atoms with E-state index in [0.717, 1.165) is 24.2 Å². The molecule has 0 atom stereocenters. The number of fused-ring (bicyclic) bond motifs is 1. The predicted molar refractivity (Wildman–Crippen MR) is 68.7 cm³/mol. The summed E-state index contributed by atoms with van der Waals surface area (Å²) in [6, 6.07) is 6.06. The molecule has 3 N–H and O–H groups in total. The molecular weight excluding hydrogens is 214 g/mol. The van der Waals surface area contributed by atoms with Gasteiger partial charge in [0, 0.05) is 25.6 Å². The summed E-state index contributed by atoms with van der Waals surface area (Å²) >= 11 is 0. The minimum absolute atomic E-state index is 0.188. The molecule has 1 aromatic heterocycles. The number of rotatable bonds is 4. The van der Waals surface area contributed by atoms with E-state index in [1.54, 1.807) is 0 Å². The molecule has 2 rings (SSSR count). The molecule has 2 aromatic rings. The molecule has 0 radical (unpaired) electrons. The van der Waals surface area contributed by atoms with Crippen molar-refractivity contribution in [2.75, 3.05) is 6.54 Å². The van der Waals surface area contributed by atoms with E-state index in [1.807, 2.05) is 32.9 Å². The molecule has 0 saturated heterocycles. The lowest BCUT2D eigenvalue weighted by Crippen LogP contribution is -2.42. The van der Waals surface area contributed by atoms with E-state index in [9.17, 15) is 0 Å². The van der Waals surface area contributed by atoms with E-state index in [4.69, 9.17) is 10.2 Å². The highest BCUT2D eigenvalue weighted by Crippen LogP contribution is 2.16. The van der Waals surface area contributed by atoms with Crippen LogP contribution in [0.1, 0.15) is 25.3 Å². The normalized spacial score (nSPS) is 12.2. The Labute approximate surface area is 101 Å². The van der Waals surface area contributed by atoms with Crippen molar-refractivity contribution >= 4 is 11.1 Å². The molecule has 17 heavy (non-hydrogen) atoms. The summed E-state index contributed by atoms with van der Waals surface area (Å²) in [5, 5.41) is 3.33. The van der Waals surface area contributed by atoms with Crippen molar-refractivity contribution in [2.45, 2.75) is 32.9 Å². The van der Waals surface area contributed by atoms with Crippen molar-refractivity contribution in [3.05, 3.63) is 29.7 Å². The van der Waals surface area contributed by atoms with Gasteiger partial charge in [0.25, 0.3) is 0 Å². The lowest BCUT2D eigenvalue weighted by atomic mass is 10.1. The third-order valence-electron chi connectivity index (χ3n) is 2.47. The molecule has 0 aliphatic rings. The van der Waals surface area contributed by atoms with Crippen LogP contribution in [0.5, 0.6) is 0 Å². The highest BCUT2D eigenvalue weighted by Gasteiger charge is 2.09. The number of aryl methyl sites for hydroxylation is 1. The molecule has 0 saturated carbocycles. The summed E-state index contributed by atoms with van der Waals surface area (Å²) < 4.78 is 5.49.